The minimum atomic E-state index is -1.30. The number of aromatic nitrogens is 2. The maximum atomic E-state index is 14.7. The van der Waals surface area contributed by atoms with E-state index in [0.29, 0.717) is 48.3 Å². The lowest BCUT2D eigenvalue weighted by Crippen LogP contribution is -2.36. The molecule has 1 aromatic heterocycles. The highest BCUT2D eigenvalue weighted by atomic mass is 35.5. The summed E-state index contributed by atoms with van der Waals surface area (Å²) < 4.78 is 48.6. The predicted molar refractivity (Wildman–Crippen MR) is 136 cm³/mol. The molecule has 0 radical (unpaired) electrons. The standard InChI is InChI=1S/C28H28ClF2N3O4/c1-28(21-6-5-18(29)13-22(21)30)37-24-4-2-3-20(26(24)38-28)17-7-10-33(11-8-17)15-25-32-27(31)23(16-35)34(25)14-19-9-12-36-19/h2-6,13,16-17,19H,7-12,14-15H2,1H3/t19-,28-/m0/s1. The molecule has 0 spiro atoms. The molecule has 2 aromatic carbocycles. The van der Waals surface area contributed by atoms with Crippen LogP contribution >= 0.6 is 11.6 Å². The first-order valence-electron chi connectivity index (χ1n) is 12.8. The molecule has 0 bridgehead atoms. The number of carbonyl (C=O) groups is 1. The number of aldehydes is 1. The fraction of sp³-hybridized carbons (Fsp3) is 0.429. The molecule has 3 aliphatic heterocycles. The number of rotatable bonds is 7. The van der Waals surface area contributed by atoms with Crippen LogP contribution in [0.3, 0.4) is 0 Å². The Morgan fingerprint density at radius 1 is 1.16 bits per heavy atom. The minimum Gasteiger partial charge on any atom is -0.444 e. The number of ether oxygens (including phenoxy) is 3. The van der Waals surface area contributed by atoms with Crippen LogP contribution in [0.5, 0.6) is 11.5 Å². The van der Waals surface area contributed by atoms with Gasteiger partial charge in [0.15, 0.2) is 17.8 Å². The molecule has 3 aromatic rings. The van der Waals surface area contributed by atoms with Gasteiger partial charge < -0.3 is 18.8 Å². The Kier molecular flexibility index (Phi) is 6.62. The SMILES string of the molecule is C[C@]1(c2ccc(Cl)cc2F)Oc2cccc(C3CCN(Cc4nc(F)c(C=O)n4C[C@@H]4CCO4)CC3)c2O1. The summed E-state index contributed by atoms with van der Waals surface area (Å²) in [6.45, 7) is 4.80. The summed E-state index contributed by atoms with van der Waals surface area (Å²) in [7, 11) is 0. The van der Waals surface area contributed by atoms with Gasteiger partial charge in [0.25, 0.3) is 5.79 Å². The van der Waals surface area contributed by atoms with E-state index in [9.17, 15) is 13.6 Å². The average Bonchev–Trinajstić information content (AvgIpc) is 3.37. The molecule has 7 nitrogen and oxygen atoms in total. The van der Waals surface area contributed by atoms with E-state index in [1.54, 1.807) is 23.6 Å². The quantitative estimate of drug-likeness (QED) is 0.370. The highest BCUT2D eigenvalue weighted by Crippen LogP contribution is 2.49. The number of para-hydroxylation sites is 1. The highest BCUT2D eigenvalue weighted by Gasteiger charge is 2.43. The number of hydrogen-bond acceptors (Lipinski definition) is 6. The molecule has 4 heterocycles. The van der Waals surface area contributed by atoms with Gasteiger partial charge in [-0.05, 0) is 62.5 Å². The third-order valence-corrected chi connectivity index (χ3v) is 7.99. The Hall–Kier alpha value is -3.01. The summed E-state index contributed by atoms with van der Waals surface area (Å²) in [5, 5.41) is 0.307. The third kappa shape index (κ3) is 4.57. The Balaban J connectivity index is 1.15. The van der Waals surface area contributed by atoms with Gasteiger partial charge in [-0.3, -0.25) is 9.69 Å². The van der Waals surface area contributed by atoms with Crippen molar-refractivity contribution >= 4 is 17.9 Å². The molecule has 6 rings (SSSR count). The monoisotopic (exact) mass is 543 g/mol. The molecule has 2 saturated heterocycles. The highest BCUT2D eigenvalue weighted by molar-refractivity contribution is 6.30. The zero-order chi connectivity index (χ0) is 26.4. The molecule has 200 valence electrons. The van der Waals surface area contributed by atoms with E-state index in [-0.39, 0.29) is 23.3 Å². The van der Waals surface area contributed by atoms with Crippen molar-refractivity contribution in [3.8, 4) is 11.5 Å². The minimum absolute atomic E-state index is 0.0128. The number of benzene rings is 2. The Morgan fingerprint density at radius 2 is 1.95 bits per heavy atom. The molecule has 0 unspecified atom stereocenters. The zero-order valence-electron chi connectivity index (χ0n) is 21.0. The molecule has 0 aliphatic carbocycles. The largest absolute Gasteiger partial charge is 0.444 e. The summed E-state index contributed by atoms with van der Waals surface area (Å²) in [5.41, 5.74) is 1.28. The van der Waals surface area contributed by atoms with E-state index in [0.717, 1.165) is 37.9 Å². The van der Waals surface area contributed by atoms with Crippen molar-refractivity contribution in [1.29, 1.82) is 0 Å². The third-order valence-electron chi connectivity index (χ3n) is 7.76. The van der Waals surface area contributed by atoms with E-state index in [1.165, 1.54) is 6.07 Å². The van der Waals surface area contributed by atoms with Crippen molar-refractivity contribution in [1.82, 2.24) is 14.5 Å². The maximum absolute atomic E-state index is 14.7. The van der Waals surface area contributed by atoms with Crippen molar-refractivity contribution in [3.63, 3.8) is 0 Å². The lowest BCUT2D eigenvalue weighted by Gasteiger charge is -2.33. The first kappa shape index (κ1) is 25.3. The van der Waals surface area contributed by atoms with Gasteiger partial charge >= 0.3 is 0 Å². The fourth-order valence-corrected chi connectivity index (χ4v) is 5.75. The van der Waals surface area contributed by atoms with Crippen LogP contribution in [0.4, 0.5) is 8.78 Å². The molecule has 0 saturated carbocycles. The number of carbonyl (C=O) groups excluding carboxylic acids is 1. The second kappa shape index (κ2) is 9.94. The van der Waals surface area contributed by atoms with Gasteiger partial charge in [-0.15, -0.1) is 0 Å². The summed E-state index contributed by atoms with van der Waals surface area (Å²) in [6.07, 6.45) is 3.10. The normalized spacial score (nSPS) is 23.4. The predicted octanol–water partition coefficient (Wildman–Crippen LogP) is 5.44. The van der Waals surface area contributed by atoms with Gasteiger partial charge in [0.05, 0.1) is 24.8 Å². The van der Waals surface area contributed by atoms with E-state index in [2.05, 4.69) is 9.88 Å². The van der Waals surface area contributed by atoms with Crippen molar-refractivity contribution in [2.24, 2.45) is 0 Å². The van der Waals surface area contributed by atoms with Crippen LogP contribution in [0.25, 0.3) is 0 Å². The molecule has 10 heteroatoms. The number of fused-ring (bicyclic) bond motifs is 1. The lowest BCUT2D eigenvalue weighted by molar-refractivity contribution is -0.0712. The lowest BCUT2D eigenvalue weighted by atomic mass is 9.88. The van der Waals surface area contributed by atoms with E-state index in [1.807, 2.05) is 18.2 Å². The van der Waals surface area contributed by atoms with E-state index < -0.39 is 17.6 Å². The Bertz CT molecular complexity index is 1370. The van der Waals surface area contributed by atoms with Crippen molar-refractivity contribution < 1.29 is 27.8 Å². The van der Waals surface area contributed by atoms with Crippen molar-refractivity contribution in [2.45, 2.75) is 57.1 Å². The molecular weight excluding hydrogens is 516 g/mol. The van der Waals surface area contributed by atoms with Crippen molar-refractivity contribution in [2.75, 3.05) is 19.7 Å². The van der Waals surface area contributed by atoms with Gasteiger partial charge in [-0.25, -0.2) is 9.37 Å². The van der Waals surface area contributed by atoms with Crippen molar-refractivity contribution in [3.05, 3.63) is 75.8 Å². The fourth-order valence-electron chi connectivity index (χ4n) is 5.59. The number of imidazole rings is 1. The van der Waals surface area contributed by atoms with Crippen LogP contribution in [0.15, 0.2) is 36.4 Å². The van der Waals surface area contributed by atoms with Gasteiger partial charge in [0.1, 0.15) is 17.3 Å². The molecule has 0 N–H and O–H groups in total. The molecular formula is C28H28ClF2N3O4. The maximum Gasteiger partial charge on any atom is 0.278 e. The summed E-state index contributed by atoms with van der Waals surface area (Å²) in [4.78, 5) is 17.8. The summed E-state index contributed by atoms with van der Waals surface area (Å²) >= 11 is 5.93. The molecule has 38 heavy (non-hydrogen) atoms. The number of piperidine rings is 1. The number of likely N-dealkylation sites (tertiary alicyclic amines) is 1. The van der Waals surface area contributed by atoms with Gasteiger partial charge in [0.2, 0.25) is 5.95 Å². The van der Waals surface area contributed by atoms with Crippen LogP contribution in [0.2, 0.25) is 5.02 Å². The molecule has 0 amide bonds. The van der Waals surface area contributed by atoms with Crippen LogP contribution < -0.4 is 9.47 Å². The number of hydrogen-bond donors (Lipinski definition) is 0. The zero-order valence-corrected chi connectivity index (χ0v) is 21.7. The summed E-state index contributed by atoms with van der Waals surface area (Å²) in [6, 6.07) is 10.2. The van der Waals surface area contributed by atoms with Crippen LogP contribution in [-0.2, 0) is 23.6 Å². The Labute approximate surface area is 224 Å². The second-order valence-corrected chi connectivity index (χ2v) is 10.6. The van der Waals surface area contributed by atoms with Gasteiger partial charge in [-0.2, -0.15) is 4.39 Å². The first-order valence-corrected chi connectivity index (χ1v) is 13.2. The number of nitrogens with zero attached hydrogens (tertiary/aromatic N) is 3. The molecule has 2 fully saturated rings. The van der Waals surface area contributed by atoms with E-state index in [4.69, 9.17) is 25.8 Å². The van der Waals surface area contributed by atoms with E-state index >= 15 is 0 Å². The topological polar surface area (TPSA) is 65.8 Å². The molecule has 2 atom stereocenters. The second-order valence-electron chi connectivity index (χ2n) is 10.2. The first-order chi connectivity index (χ1) is 18.3. The van der Waals surface area contributed by atoms with Crippen LogP contribution in [0, 0.1) is 11.8 Å². The number of halogens is 3. The summed E-state index contributed by atoms with van der Waals surface area (Å²) in [5.74, 6) is -0.546. The van der Waals surface area contributed by atoms with Crippen LogP contribution in [-0.4, -0.2) is 46.5 Å². The average molecular weight is 544 g/mol. The van der Waals surface area contributed by atoms with Gasteiger partial charge in [0, 0.05) is 24.1 Å². The van der Waals surface area contributed by atoms with Crippen LogP contribution in [0.1, 0.15) is 59.5 Å². The molecule has 3 aliphatic rings. The van der Waals surface area contributed by atoms with Gasteiger partial charge in [-0.1, -0.05) is 23.7 Å². The smallest absolute Gasteiger partial charge is 0.278 e. The Morgan fingerprint density at radius 3 is 2.63 bits per heavy atom.